The number of ether oxygens (including phenoxy) is 2. The molecular weight excluding hydrogens is 579 g/mol. The van der Waals surface area contributed by atoms with E-state index in [0.717, 1.165) is 21.2 Å². The van der Waals surface area contributed by atoms with Crippen molar-refractivity contribution in [1.29, 1.82) is 5.41 Å². The second-order valence-corrected chi connectivity index (χ2v) is 9.97. The number of nitrogens with one attached hydrogen (secondary N) is 4. The minimum absolute atomic E-state index is 0. The number of para-hydroxylation sites is 1. The average Bonchev–Trinajstić information content (AvgIpc) is 3.22. The van der Waals surface area contributed by atoms with E-state index in [2.05, 4.69) is 22.0 Å². The van der Waals surface area contributed by atoms with Gasteiger partial charge in [-0.15, -0.1) is 24.0 Å². The topological polar surface area (TPSA) is 113 Å². The smallest absolute Gasteiger partial charge is 0.305 e. The van der Waals surface area contributed by atoms with Gasteiger partial charge < -0.3 is 25.4 Å². The lowest BCUT2D eigenvalue weighted by atomic mass is 10.0. The van der Waals surface area contributed by atoms with Crippen LogP contribution in [0.5, 0.6) is 0 Å². The van der Waals surface area contributed by atoms with Gasteiger partial charge in [-0.2, -0.15) is 0 Å². The molecule has 1 unspecified atom stereocenters. The van der Waals surface area contributed by atoms with Crippen LogP contribution >= 0.6 is 35.7 Å². The number of carbonyl (C=O) groups is 2. The Morgan fingerprint density at radius 3 is 2.69 bits per heavy atom. The number of amides is 1. The van der Waals surface area contributed by atoms with Gasteiger partial charge in [-0.05, 0) is 43.0 Å². The Hall–Kier alpha value is -2.31. The predicted octanol–water partition coefficient (Wildman–Crippen LogP) is 4.64. The van der Waals surface area contributed by atoms with Crippen LogP contribution in [-0.4, -0.2) is 42.7 Å². The van der Waals surface area contributed by atoms with E-state index in [1.165, 1.54) is 6.92 Å². The number of anilines is 2. The van der Waals surface area contributed by atoms with Gasteiger partial charge in [0, 0.05) is 22.3 Å². The summed E-state index contributed by atoms with van der Waals surface area (Å²) < 4.78 is 10.6. The van der Waals surface area contributed by atoms with Gasteiger partial charge in [0.25, 0.3) is 0 Å². The summed E-state index contributed by atoms with van der Waals surface area (Å²) in [7, 11) is 0. The van der Waals surface area contributed by atoms with Crippen LogP contribution in [0.4, 0.5) is 11.4 Å². The molecule has 2 aliphatic heterocycles. The first-order valence-electron chi connectivity index (χ1n) is 11.4. The van der Waals surface area contributed by atoms with Crippen LogP contribution in [0.15, 0.2) is 52.3 Å². The molecule has 3 atom stereocenters. The van der Waals surface area contributed by atoms with E-state index in [4.69, 9.17) is 14.9 Å². The highest BCUT2D eigenvalue weighted by molar-refractivity contribution is 14.0. The third-order valence-corrected chi connectivity index (χ3v) is 6.79. The van der Waals surface area contributed by atoms with E-state index < -0.39 is 24.3 Å². The molecule has 0 aromatic heterocycles. The third-order valence-electron chi connectivity index (χ3n) is 5.64. The molecule has 2 aliphatic rings. The van der Waals surface area contributed by atoms with Crippen molar-refractivity contribution in [3.63, 3.8) is 0 Å². The second-order valence-electron chi connectivity index (χ2n) is 8.89. The van der Waals surface area contributed by atoms with Crippen LogP contribution in [0.3, 0.4) is 0 Å². The molecule has 1 amide bonds. The van der Waals surface area contributed by atoms with E-state index in [0.29, 0.717) is 25.0 Å². The molecule has 8 nitrogen and oxygen atoms in total. The maximum atomic E-state index is 13.1. The van der Waals surface area contributed by atoms with Crippen LogP contribution in [-0.2, 0) is 19.1 Å². The first-order valence-corrected chi connectivity index (χ1v) is 12.2. The number of halogens is 1. The SMILES string of the molecule is CC(=O)OC1OCC[C@@H]1NC(=O)[C@H](CC(C)C)NC(=N)c1ccc2c(c1)Nc1ccccc1S2.I. The van der Waals surface area contributed by atoms with E-state index in [1.807, 2.05) is 50.2 Å². The maximum Gasteiger partial charge on any atom is 0.305 e. The van der Waals surface area contributed by atoms with Gasteiger partial charge in [-0.25, -0.2) is 0 Å². The molecule has 4 rings (SSSR count). The van der Waals surface area contributed by atoms with Crippen molar-refractivity contribution in [2.24, 2.45) is 5.92 Å². The quantitative estimate of drug-likeness (QED) is 0.134. The minimum atomic E-state index is -0.785. The van der Waals surface area contributed by atoms with E-state index in [1.54, 1.807) is 11.8 Å². The average molecular weight is 611 g/mol. The first kappa shape index (κ1) is 27.3. The Bertz CT molecular complexity index is 1100. The lowest BCUT2D eigenvalue weighted by Gasteiger charge is -2.26. The fourth-order valence-corrected chi connectivity index (χ4v) is 4.99. The summed E-state index contributed by atoms with van der Waals surface area (Å²) in [4.78, 5) is 26.7. The fraction of sp³-hybridized carbons (Fsp3) is 0.400. The zero-order chi connectivity index (χ0) is 24.2. The van der Waals surface area contributed by atoms with Crippen molar-refractivity contribution in [1.82, 2.24) is 10.6 Å². The Balaban J connectivity index is 0.00000342. The zero-order valence-corrected chi connectivity index (χ0v) is 23.1. The van der Waals surface area contributed by atoms with E-state index >= 15 is 0 Å². The molecule has 2 heterocycles. The van der Waals surface area contributed by atoms with Crippen molar-refractivity contribution in [2.45, 2.75) is 61.8 Å². The molecule has 188 valence electrons. The van der Waals surface area contributed by atoms with Gasteiger partial charge in [-0.3, -0.25) is 15.0 Å². The molecular formula is C25H31IN4O4S. The minimum Gasteiger partial charge on any atom is -0.434 e. The summed E-state index contributed by atoms with van der Waals surface area (Å²) in [6, 6.07) is 12.9. The molecule has 35 heavy (non-hydrogen) atoms. The molecule has 0 saturated carbocycles. The molecule has 4 N–H and O–H groups in total. The molecule has 0 bridgehead atoms. The molecule has 2 aromatic carbocycles. The summed E-state index contributed by atoms with van der Waals surface area (Å²) in [6.45, 7) is 5.78. The van der Waals surface area contributed by atoms with Crippen molar-refractivity contribution >= 4 is 64.8 Å². The molecule has 0 aliphatic carbocycles. The monoisotopic (exact) mass is 610 g/mol. The molecule has 1 saturated heterocycles. The lowest BCUT2D eigenvalue weighted by Crippen LogP contribution is -2.52. The van der Waals surface area contributed by atoms with Gasteiger partial charge in [0.2, 0.25) is 12.2 Å². The molecule has 0 radical (unpaired) electrons. The molecule has 2 aromatic rings. The summed E-state index contributed by atoms with van der Waals surface area (Å²) in [5, 5.41) is 18.1. The Morgan fingerprint density at radius 2 is 1.94 bits per heavy atom. The number of rotatable bonds is 7. The maximum absolute atomic E-state index is 13.1. The zero-order valence-electron chi connectivity index (χ0n) is 19.9. The van der Waals surface area contributed by atoms with Crippen molar-refractivity contribution in [2.75, 3.05) is 11.9 Å². The van der Waals surface area contributed by atoms with Gasteiger partial charge >= 0.3 is 5.97 Å². The van der Waals surface area contributed by atoms with Crippen LogP contribution < -0.4 is 16.0 Å². The summed E-state index contributed by atoms with van der Waals surface area (Å²) >= 11 is 1.69. The third kappa shape index (κ3) is 6.89. The van der Waals surface area contributed by atoms with Crippen molar-refractivity contribution < 1.29 is 19.1 Å². The number of esters is 1. The molecule has 10 heteroatoms. The highest BCUT2D eigenvalue weighted by Gasteiger charge is 2.34. The van der Waals surface area contributed by atoms with Crippen LogP contribution in [0.1, 0.15) is 39.2 Å². The highest BCUT2D eigenvalue weighted by Crippen LogP contribution is 2.44. The molecule has 1 fully saturated rings. The Labute approximate surface area is 226 Å². The highest BCUT2D eigenvalue weighted by atomic mass is 127. The van der Waals surface area contributed by atoms with Gasteiger partial charge in [-0.1, -0.05) is 43.8 Å². The normalized spacial score (nSPS) is 18.9. The van der Waals surface area contributed by atoms with Gasteiger partial charge in [0.1, 0.15) is 11.9 Å². The number of hydrogen-bond acceptors (Lipinski definition) is 7. The van der Waals surface area contributed by atoms with Crippen molar-refractivity contribution in [3.8, 4) is 0 Å². The lowest BCUT2D eigenvalue weighted by molar-refractivity contribution is -0.170. The number of fused-ring (bicyclic) bond motifs is 2. The van der Waals surface area contributed by atoms with E-state index in [-0.39, 0.29) is 41.6 Å². The number of benzene rings is 2. The summed E-state index contributed by atoms with van der Waals surface area (Å²) in [6.07, 6.45) is 0.324. The van der Waals surface area contributed by atoms with Crippen molar-refractivity contribution in [3.05, 3.63) is 48.0 Å². The van der Waals surface area contributed by atoms with Crippen LogP contribution in [0.25, 0.3) is 0 Å². The van der Waals surface area contributed by atoms with Crippen LogP contribution in [0.2, 0.25) is 0 Å². The molecule has 0 spiro atoms. The fourth-order valence-electron chi connectivity index (χ4n) is 4.02. The Morgan fingerprint density at radius 1 is 1.20 bits per heavy atom. The number of amidine groups is 1. The van der Waals surface area contributed by atoms with E-state index in [9.17, 15) is 9.59 Å². The number of hydrogen-bond donors (Lipinski definition) is 4. The van der Waals surface area contributed by atoms with Gasteiger partial charge in [0.05, 0.1) is 24.0 Å². The standard InChI is InChI=1S/C25H30N4O4S.HI/c1-14(2)12-20(24(31)29-18-10-11-32-25(18)33-15(3)30)28-23(26)16-8-9-22-19(13-16)27-17-6-4-5-7-21(17)34-22;/h4-9,13-14,18,20,25,27H,10-12H2,1-3H3,(H2,26,28)(H,29,31);1H/t18-,20-,25?;/m0./s1. The second kappa shape index (κ2) is 12.1. The predicted molar refractivity (Wildman–Crippen MR) is 147 cm³/mol. The van der Waals surface area contributed by atoms with Gasteiger partial charge in [0.15, 0.2) is 0 Å². The summed E-state index contributed by atoms with van der Waals surface area (Å²) in [5.41, 5.74) is 2.66. The summed E-state index contributed by atoms with van der Waals surface area (Å²) in [5.74, 6) is -0.287. The van der Waals surface area contributed by atoms with Crippen LogP contribution in [0, 0.1) is 11.3 Å². The Kier molecular flexibility index (Phi) is 9.42. The largest absolute Gasteiger partial charge is 0.434 e. The first-order chi connectivity index (χ1) is 16.3. The number of carbonyl (C=O) groups excluding carboxylic acids is 2.